The zero-order valence-corrected chi connectivity index (χ0v) is 9.34. The van der Waals surface area contributed by atoms with Gasteiger partial charge in [0, 0.05) is 16.1 Å². The predicted octanol–water partition coefficient (Wildman–Crippen LogP) is 4.12. The van der Waals surface area contributed by atoms with Crippen LogP contribution in [0.15, 0.2) is 39.3 Å². The van der Waals surface area contributed by atoms with Crippen LogP contribution in [-0.2, 0) is 6.18 Å². The van der Waals surface area contributed by atoms with Crippen LogP contribution in [0.4, 0.5) is 13.2 Å². The molecule has 0 aliphatic heterocycles. The Hall–Kier alpha value is -1.30. The van der Waals surface area contributed by atoms with E-state index in [9.17, 15) is 13.2 Å². The summed E-state index contributed by atoms with van der Waals surface area (Å²) < 4.78 is 41.8. The van der Waals surface area contributed by atoms with E-state index in [4.69, 9.17) is 0 Å². The Kier molecular flexibility index (Phi) is 2.75. The Morgan fingerprint density at radius 3 is 2.25 bits per heavy atom. The molecule has 84 valence electrons. The number of benzene rings is 1. The molecule has 1 aromatic carbocycles. The third-order valence-electron chi connectivity index (χ3n) is 1.93. The van der Waals surface area contributed by atoms with E-state index in [2.05, 4.69) is 25.6 Å². The van der Waals surface area contributed by atoms with Crippen molar-refractivity contribution in [3.8, 4) is 11.3 Å². The van der Waals surface area contributed by atoms with Crippen LogP contribution in [0.5, 0.6) is 0 Å². The van der Waals surface area contributed by atoms with Gasteiger partial charge in [0.1, 0.15) is 5.69 Å². The molecule has 2 rings (SSSR count). The monoisotopic (exact) mass is 291 g/mol. The third-order valence-corrected chi connectivity index (χ3v) is 2.46. The van der Waals surface area contributed by atoms with Crippen LogP contribution in [0.2, 0.25) is 0 Å². The summed E-state index contributed by atoms with van der Waals surface area (Å²) >= 11 is 3.23. The van der Waals surface area contributed by atoms with Crippen LogP contribution in [0.25, 0.3) is 11.3 Å². The predicted molar refractivity (Wildman–Crippen MR) is 54.6 cm³/mol. The van der Waals surface area contributed by atoms with Crippen LogP contribution in [0, 0.1) is 0 Å². The zero-order valence-electron chi connectivity index (χ0n) is 7.75. The molecular weight excluding hydrogens is 287 g/mol. The minimum absolute atomic E-state index is 0.167. The van der Waals surface area contributed by atoms with Crippen LogP contribution in [-0.4, -0.2) is 5.16 Å². The first-order valence-corrected chi connectivity index (χ1v) is 5.06. The molecule has 2 nitrogen and oxygen atoms in total. The Labute approximate surface area is 97.2 Å². The second-order valence-corrected chi connectivity index (χ2v) is 4.00. The van der Waals surface area contributed by atoms with Crippen molar-refractivity contribution in [3.63, 3.8) is 0 Å². The van der Waals surface area contributed by atoms with Gasteiger partial charge in [-0.15, -0.1) is 0 Å². The van der Waals surface area contributed by atoms with Gasteiger partial charge in [0.05, 0.1) is 0 Å². The summed E-state index contributed by atoms with van der Waals surface area (Å²) in [5, 5.41) is 3.37. The topological polar surface area (TPSA) is 26.0 Å². The second-order valence-electron chi connectivity index (χ2n) is 3.08. The minimum atomic E-state index is -4.50. The molecule has 1 heterocycles. The maximum absolute atomic E-state index is 12.2. The van der Waals surface area contributed by atoms with E-state index in [0.29, 0.717) is 5.56 Å². The molecule has 1 aromatic heterocycles. The lowest BCUT2D eigenvalue weighted by Gasteiger charge is -1.97. The highest BCUT2D eigenvalue weighted by Gasteiger charge is 2.36. The summed E-state index contributed by atoms with van der Waals surface area (Å²) in [6.07, 6.45) is -4.50. The Morgan fingerprint density at radius 1 is 1.12 bits per heavy atom. The minimum Gasteiger partial charge on any atom is -0.351 e. The summed E-state index contributed by atoms with van der Waals surface area (Å²) in [7, 11) is 0. The molecule has 0 fully saturated rings. The first-order chi connectivity index (χ1) is 7.47. The van der Waals surface area contributed by atoms with Gasteiger partial charge in [-0.1, -0.05) is 33.2 Å². The molecule has 0 bridgehead atoms. The lowest BCUT2D eigenvalue weighted by atomic mass is 10.1. The normalized spacial score (nSPS) is 11.8. The fourth-order valence-electron chi connectivity index (χ4n) is 1.17. The van der Waals surface area contributed by atoms with Crippen molar-refractivity contribution in [2.45, 2.75) is 6.18 Å². The summed E-state index contributed by atoms with van der Waals surface area (Å²) in [5.41, 5.74) is 0.738. The van der Waals surface area contributed by atoms with Gasteiger partial charge in [-0.25, -0.2) is 0 Å². The molecule has 0 aliphatic carbocycles. The van der Waals surface area contributed by atoms with E-state index >= 15 is 0 Å². The maximum Gasteiger partial charge on any atom is 0.452 e. The fraction of sp³-hybridized carbons (Fsp3) is 0.100. The van der Waals surface area contributed by atoms with Crippen molar-refractivity contribution in [1.29, 1.82) is 0 Å². The summed E-state index contributed by atoms with van der Waals surface area (Å²) in [5.74, 6) is -1.09. The van der Waals surface area contributed by atoms with Gasteiger partial charge in [0.2, 0.25) is 5.76 Å². The van der Waals surface area contributed by atoms with E-state index in [0.717, 1.165) is 10.5 Å². The molecule has 0 amide bonds. The largest absolute Gasteiger partial charge is 0.452 e. The molecule has 0 saturated carbocycles. The summed E-state index contributed by atoms with van der Waals surface area (Å²) in [6, 6.07) is 7.63. The number of alkyl halides is 3. The molecule has 0 N–H and O–H groups in total. The Balaban J connectivity index is 2.35. The standard InChI is InChI=1S/C10H5BrF3NO/c11-7-3-1-6(2-4-7)8-5-9(16-15-8)10(12,13)14/h1-5H. The van der Waals surface area contributed by atoms with E-state index < -0.39 is 11.9 Å². The van der Waals surface area contributed by atoms with E-state index in [1.165, 1.54) is 0 Å². The first kappa shape index (κ1) is 11.2. The first-order valence-electron chi connectivity index (χ1n) is 4.26. The lowest BCUT2D eigenvalue weighted by Crippen LogP contribution is -2.02. The highest BCUT2D eigenvalue weighted by atomic mass is 79.9. The van der Waals surface area contributed by atoms with Gasteiger partial charge in [-0.2, -0.15) is 13.2 Å². The van der Waals surface area contributed by atoms with Crippen molar-refractivity contribution in [2.75, 3.05) is 0 Å². The van der Waals surface area contributed by atoms with Gasteiger partial charge in [-0.05, 0) is 12.1 Å². The number of halogens is 4. The molecule has 0 aliphatic rings. The number of rotatable bonds is 1. The molecule has 2 aromatic rings. The van der Waals surface area contributed by atoms with Gasteiger partial charge < -0.3 is 4.52 Å². The van der Waals surface area contributed by atoms with Crippen molar-refractivity contribution in [1.82, 2.24) is 5.16 Å². The number of aromatic nitrogens is 1. The van der Waals surface area contributed by atoms with Gasteiger partial charge >= 0.3 is 6.18 Å². The summed E-state index contributed by atoms with van der Waals surface area (Å²) in [6.45, 7) is 0. The second kappa shape index (κ2) is 3.93. The van der Waals surface area contributed by atoms with Crippen molar-refractivity contribution in [2.24, 2.45) is 0 Å². The molecule has 16 heavy (non-hydrogen) atoms. The molecule has 0 atom stereocenters. The molecular formula is C10H5BrF3NO. The van der Waals surface area contributed by atoms with Gasteiger partial charge in [0.15, 0.2) is 0 Å². The lowest BCUT2D eigenvalue weighted by molar-refractivity contribution is -0.155. The van der Waals surface area contributed by atoms with Crippen LogP contribution in [0.3, 0.4) is 0 Å². The smallest absolute Gasteiger partial charge is 0.351 e. The molecule has 0 saturated heterocycles. The van der Waals surface area contributed by atoms with Crippen LogP contribution < -0.4 is 0 Å². The maximum atomic E-state index is 12.2. The van der Waals surface area contributed by atoms with Crippen LogP contribution >= 0.6 is 15.9 Å². The average molecular weight is 292 g/mol. The Bertz CT molecular complexity index is 490. The average Bonchev–Trinajstić information content (AvgIpc) is 2.67. The summed E-state index contributed by atoms with van der Waals surface area (Å²) in [4.78, 5) is 0. The molecule has 6 heteroatoms. The third kappa shape index (κ3) is 2.27. The number of hydrogen-bond acceptors (Lipinski definition) is 2. The fourth-order valence-corrected chi connectivity index (χ4v) is 1.43. The highest BCUT2D eigenvalue weighted by Crippen LogP contribution is 2.32. The zero-order chi connectivity index (χ0) is 11.8. The SMILES string of the molecule is FC(F)(F)c1cc(-c2ccc(Br)cc2)no1. The quantitative estimate of drug-likeness (QED) is 0.790. The van der Waals surface area contributed by atoms with Gasteiger partial charge in [0.25, 0.3) is 0 Å². The van der Waals surface area contributed by atoms with Crippen molar-refractivity contribution < 1.29 is 17.7 Å². The molecule has 0 spiro atoms. The van der Waals surface area contributed by atoms with Crippen molar-refractivity contribution in [3.05, 3.63) is 40.6 Å². The van der Waals surface area contributed by atoms with E-state index in [-0.39, 0.29) is 5.69 Å². The van der Waals surface area contributed by atoms with E-state index in [1.807, 2.05) is 0 Å². The molecule has 0 unspecified atom stereocenters. The van der Waals surface area contributed by atoms with Crippen LogP contribution in [0.1, 0.15) is 5.76 Å². The number of hydrogen-bond donors (Lipinski definition) is 0. The highest BCUT2D eigenvalue weighted by molar-refractivity contribution is 9.10. The Morgan fingerprint density at radius 2 is 1.75 bits per heavy atom. The van der Waals surface area contributed by atoms with Gasteiger partial charge in [-0.3, -0.25) is 0 Å². The van der Waals surface area contributed by atoms with E-state index in [1.54, 1.807) is 24.3 Å². The van der Waals surface area contributed by atoms with Crippen molar-refractivity contribution >= 4 is 15.9 Å². The molecule has 0 radical (unpaired) electrons. The number of nitrogens with zero attached hydrogens (tertiary/aromatic N) is 1.